The van der Waals surface area contributed by atoms with Crippen molar-refractivity contribution in [1.29, 1.82) is 0 Å². The van der Waals surface area contributed by atoms with Gasteiger partial charge in [0.2, 0.25) is 0 Å². The minimum atomic E-state index is -4.29. The average molecular weight is 469 g/mol. The first-order chi connectivity index (χ1) is 15.8. The fraction of sp³-hybridized carbons (Fsp3) is 0.731. The van der Waals surface area contributed by atoms with Gasteiger partial charge >= 0.3 is 6.18 Å². The summed E-state index contributed by atoms with van der Waals surface area (Å²) in [4.78, 5) is 16.2. The van der Waals surface area contributed by atoms with E-state index in [-0.39, 0.29) is 12.4 Å². The van der Waals surface area contributed by atoms with Crippen LogP contribution in [0.1, 0.15) is 63.9 Å². The van der Waals surface area contributed by atoms with Crippen molar-refractivity contribution in [2.45, 2.75) is 64.5 Å². The zero-order valence-corrected chi connectivity index (χ0v) is 19.9. The van der Waals surface area contributed by atoms with E-state index in [2.05, 4.69) is 9.80 Å². The van der Waals surface area contributed by atoms with Gasteiger partial charge in [0.15, 0.2) is 5.78 Å². The Labute approximate surface area is 196 Å². The van der Waals surface area contributed by atoms with Crippen molar-refractivity contribution >= 4 is 11.5 Å². The molecule has 186 valence electrons. The number of Topliss-reactive ketones (excluding diaryl/α,β-unsaturated/α-hetero) is 1. The first kappa shape index (κ1) is 26.0. The summed E-state index contributed by atoms with van der Waals surface area (Å²) in [6.07, 6.45) is 4.80. The number of nitrogens with zero attached hydrogens (tertiary/aromatic N) is 2. The molecule has 1 saturated carbocycles. The zero-order chi connectivity index (χ0) is 23.7. The fourth-order valence-corrected chi connectivity index (χ4v) is 5.16. The number of hydrogen-bond donors (Lipinski definition) is 0. The number of halogens is 3. The van der Waals surface area contributed by atoms with Crippen molar-refractivity contribution in [2.75, 3.05) is 50.8 Å². The van der Waals surface area contributed by atoms with E-state index in [1.54, 1.807) is 6.07 Å². The van der Waals surface area contributed by atoms with Crippen LogP contribution in [0.3, 0.4) is 0 Å². The summed E-state index contributed by atoms with van der Waals surface area (Å²) in [6.45, 7) is 7.21. The van der Waals surface area contributed by atoms with Gasteiger partial charge in [-0.2, -0.15) is 13.2 Å². The molecule has 1 saturated heterocycles. The molecule has 7 heteroatoms. The second kappa shape index (κ2) is 12.7. The summed E-state index contributed by atoms with van der Waals surface area (Å²) in [5, 5.41) is 0. The lowest BCUT2D eigenvalue weighted by atomic mass is 9.78. The standard InChI is InChI=1S/C26H39F3N2O2/c1-2-33-20-25(32)8-3-5-21-9-11-22(12-10-21)13-14-30-15-17-31(18-16-30)24-7-4-6-23(19-24)26(27,28)29/h4,6-7,19,21-22H,2-3,5,8-18,20H2,1H3. The van der Waals surface area contributed by atoms with Crippen LogP contribution >= 0.6 is 0 Å². The molecule has 1 aliphatic heterocycles. The molecule has 0 unspecified atom stereocenters. The number of ether oxygens (including phenoxy) is 1. The van der Waals surface area contributed by atoms with Crippen molar-refractivity contribution in [3.63, 3.8) is 0 Å². The molecule has 2 fully saturated rings. The maximum atomic E-state index is 13.0. The molecule has 1 heterocycles. The highest BCUT2D eigenvalue weighted by molar-refractivity contribution is 5.79. The van der Waals surface area contributed by atoms with Crippen LogP contribution in [0.15, 0.2) is 24.3 Å². The van der Waals surface area contributed by atoms with Gasteiger partial charge in [-0.15, -0.1) is 0 Å². The third-order valence-corrected chi connectivity index (χ3v) is 7.27. The summed E-state index contributed by atoms with van der Waals surface area (Å²) >= 11 is 0. The van der Waals surface area contributed by atoms with Crippen molar-refractivity contribution in [1.82, 2.24) is 4.90 Å². The number of carbonyl (C=O) groups is 1. The molecule has 0 spiro atoms. The van der Waals surface area contributed by atoms with E-state index in [9.17, 15) is 18.0 Å². The molecule has 1 aliphatic carbocycles. The number of alkyl halides is 3. The van der Waals surface area contributed by atoms with Crippen LogP contribution in [0.25, 0.3) is 0 Å². The number of hydrogen-bond acceptors (Lipinski definition) is 4. The molecule has 0 bridgehead atoms. The van der Waals surface area contributed by atoms with Gasteiger partial charge in [-0.05, 0) is 56.3 Å². The van der Waals surface area contributed by atoms with E-state index in [0.717, 1.165) is 63.5 Å². The van der Waals surface area contributed by atoms with Crippen LogP contribution in [-0.2, 0) is 15.7 Å². The molecule has 0 N–H and O–H groups in total. The van der Waals surface area contributed by atoms with Crippen LogP contribution in [-0.4, -0.2) is 56.6 Å². The Bertz CT molecular complexity index is 724. The molecule has 1 aromatic rings. The largest absolute Gasteiger partial charge is 0.416 e. The predicted molar refractivity (Wildman–Crippen MR) is 126 cm³/mol. The number of piperazine rings is 1. The van der Waals surface area contributed by atoms with Crippen molar-refractivity contribution in [2.24, 2.45) is 11.8 Å². The number of benzene rings is 1. The lowest BCUT2D eigenvalue weighted by Gasteiger charge is -2.37. The van der Waals surface area contributed by atoms with Gasteiger partial charge in [0.1, 0.15) is 6.61 Å². The molecule has 0 amide bonds. The molecule has 4 nitrogen and oxygen atoms in total. The Balaban J connectivity index is 1.29. The van der Waals surface area contributed by atoms with Crippen molar-refractivity contribution in [3.05, 3.63) is 29.8 Å². The third-order valence-electron chi connectivity index (χ3n) is 7.27. The Morgan fingerprint density at radius 1 is 1.03 bits per heavy atom. The Hall–Kier alpha value is -1.60. The van der Waals surface area contributed by atoms with E-state index in [1.807, 2.05) is 6.92 Å². The van der Waals surface area contributed by atoms with E-state index < -0.39 is 11.7 Å². The number of carbonyl (C=O) groups excluding carboxylic acids is 1. The van der Waals surface area contributed by atoms with Gasteiger partial charge in [-0.1, -0.05) is 38.2 Å². The summed E-state index contributed by atoms with van der Waals surface area (Å²) in [7, 11) is 0. The van der Waals surface area contributed by atoms with Crippen molar-refractivity contribution < 1.29 is 22.7 Å². The highest BCUT2D eigenvalue weighted by Crippen LogP contribution is 2.34. The second-order valence-corrected chi connectivity index (χ2v) is 9.62. The summed E-state index contributed by atoms with van der Waals surface area (Å²) in [5.41, 5.74) is 0.0949. The quantitative estimate of drug-likeness (QED) is 0.411. The summed E-state index contributed by atoms with van der Waals surface area (Å²) < 4.78 is 44.1. The van der Waals surface area contributed by atoms with Gasteiger partial charge in [0.25, 0.3) is 0 Å². The molecule has 0 aromatic heterocycles. The fourth-order valence-electron chi connectivity index (χ4n) is 5.16. The Morgan fingerprint density at radius 3 is 2.33 bits per heavy atom. The first-order valence-electron chi connectivity index (χ1n) is 12.6. The van der Waals surface area contributed by atoms with E-state index in [1.165, 1.54) is 44.2 Å². The second-order valence-electron chi connectivity index (χ2n) is 9.62. The minimum absolute atomic E-state index is 0.221. The Morgan fingerprint density at radius 2 is 1.70 bits per heavy atom. The summed E-state index contributed by atoms with van der Waals surface area (Å²) in [5.74, 6) is 1.76. The van der Waals surface area contributed by atoms with Gasteiger partial charge < -0.3 is 9.64 Å². The van der Waals surface area contributed by atoms with Gasteiger partial charge in [0.05, 0.1) is 5.56 Å². The van der Waals surface area contributed by atoms with E-state index in [4.69, 9.17) is 4.74 Å². The molecule has 0 atom stereocenters. The maximum Gasteiger partial charge on any atom is 0.416 e. The predicted octanol–water partition coefficient (Wildman–Crippen LogP) is 5.80. The van der Waals surface area contributed by atoms with E-state index >= 15 is 0 Å². The minimum Gasteiger partial charge on any atom is -0.374 e. The highest BCUT2D eigenvalue weighted by Gasteiger charge is 2.31. The molecule has 0 radical (unpaired) electrons. The number of ketones is 1. The lowest BCUT2D eigenvalue weighted by Crippen LogP contribution is -2.47. The smallest absolute Gasteiger partial charge is 0.374 e. The monoisotopic (exact) mass is 468 g/mol. The van der Waals surface area contributed by atoms with Crippen LogP contribution < -0.4 is 4.90 Å². The summed E-state index contributed by atoms with van der Waals surface area (Å²) in [6, 6.07) is 5.68. The SMILES string of the molecule is CCOCC(=O)CCCC1CCC(CCN2CCN(c3cccc(C(F)(F)F)c3)CC2)CC1. The number of rotatable bonds is 11. The van der Waals surface area contributed by atoms with Crippen LogP contribution in [0, 0.1) is 11.8 Å². The molecular formula is C26H39F3N2O2. The first-order valence-corrected chi connectivity index (χ1v) is 12.6. The van der Waals surface area contributed by atoms with Gasteiger partial charge in [-0.25, -0.2) is 0 Å². The molecule has 3 rings (SSSR count). The molecular weight excluding hydrogens is 429 g/mol. The zero-order valence-electron chi connectivity index (χ0n) is 19.9. The third kappa shape index (κ3) is 8.60. The van der Waals surface area contributed by atoms with Gasteiger partial charge in [0, 0.05) is 44.9 Å². The van der Waals surface area contributed by atoms with Crippen LogP contribution in [0.2, 0.25) is 0 Å². The highest BCUT2D eigenvalue weighted by atomic mass is 19.4. The average Bonchev–Trinajstić information content (AvgIpc) is 2.82. The molecule has 33 heavy (non-hydrogen) atoms. The van der Waals surface area contributed by atoms with Crippen LogP contribution in [0.5, 0.6) is 0 Å². The normalized spacial score (nSPS) is 22.5. The molecule has 1 aromatic carbocycles. The Kier molecular flexibility index (Phi) is 10.0. The van der Waals surface area contributed by atoms with Crippen molar-refractivity contribution in [3.8, 4) is 0 Å². The van der Waals surface area contributed by atoms with E-state index in [0.29, 0.717) is 18.7 Å². The van der Waals surface area contributed by atoms with Gasteiger partial charge in [-0.3, -0.25) is 9.69 Å². The number of anilines is 1. The van der Waals surface area contributed by atoms with Crippen LogP contribution in [0.4, 0.5) is 18.9 Å². The molecule has 2 aliphatic rings. The topological polar surface area (TPSA) is 32.8 Å². The maximum absolute atomic E-state index is 13.0. The lowest BCUT2D eigenvalue weighted by molar-refractivity contribution is -0.137.